The fraction of sp³-hybridized carbons (Fsp3) is 0.478. The van der Waals surface area contributed by atoms with Crippen LogP contribution < -0.4 is 10.1 Å². The molecule has 1 fully saturated rings. The van der Waals surface area contributed by atoms with E-state index in [9.17, 15) is 10.2 Å². The van der Waals surface area contributed by atoms with Gasteiger partial charge in [0.15, 0.2) is 0 Å². The molecule has 5 heteroatoms. The zero-order chi connectivity index (χ0) is 20.3. The molecule has 0 bridgehead atoms. The Hall–Kier alpha value is -2.08. The highest BCUT2D eigenvalue weighted by molar-refractivity contribution is 5.51. The third kappa shape index (κ3) is 4.17. The van der Waals surface area contributed by atoms with Crippen molar-refractivity contribution in [1.82, 2.24) is 0 Å². The summed E-state index contributed by atoms with van der Waals surface area (Å²) in [4.78, 5) is 0. The molecule has 0 aliphatic carbocycles. The molecule has 3 unspecified atom stereocenters. The molecule has 2 aromatic carbocycles. The second kappa shape index (κ2) is 8.52. The van der Waals surface area contributed by atoms with Crippen molar-refractivity contribution in [3.8, 4) is 5.75 Å². The van der Waals surface area contributed by atoms with Gasteiger partial charge in [0.1, 0.15) is 5.75 Å². The highest BCUT2D eigenvalue weighted by Gasteiger charge is 2.32. The predicted octanol–water partition coefficient (Wildman–Crippen LogP) is 3.64. The first kappa shape index (κ1) is 20.6. The van der Waals surface area contributed by atoms with E-state index in [0.717, 1.165) is 22.6 Å². The summed E-state index contributed by atoms with van der Waals surface area (Å²) >= 11 is 0. The quantitative estimate of drug-likeness (QED) is 0.708. The first-order chi connectivity index (χ1) is 13.4. The summed E-state index contributed by atoms with van der Waals surface area (Å²) in [5, 5.41) is 22.8. The fourth-order valence-corrected chi connectivity index (χ4v) is 3.95. The summed E-state index contributed by atoms with van der Waals surface area (Å²) in [5.41, 5.74) is 4.03. The zero-order valence-corrected chi connectivity index (χ0v) is 17.1. The van der Waals surface area contributed by atoms with E-state index in [4.69, 9.17) is 9.47 Å². The first-order valence-electron chi connectivity index (χ1n) is 9.80. The van der Waals surface area contributed by atoms with Crippen LogP contribution in [0, 0.1) is 0 Å². The highest BCUT2D eigenvalue weighted by atomic mass is 16.5. The van der Waals surface area contributed by atoms with E-state index >= 15 is 0 Å². The first-order valence-corrected chi connectivity index (χ1v) is 9.80. The molecule has 152 valence electrons. The average Bonchev–Trinajstić information content (AvgIpc) is 2.72. The lowest BCUT2D eigenvalue weighted by atomic mass is 9.76. The molecule has 28 heavy (non-hydrogen) atoms. The van der Waals surface area contributed by atoms with Crippen molar-refractivity contribution in [1.29, 1.82) is 0 Å². The Kier molecular flexibility index (Phi) is 6.28. The molecule has 1 aliphatic heterocycles. The molecule has 1 aliphatic rings. The van der Waals surface area contributed by atoms with Crippen LogP contribution in [-0.4, -0.2) is 43.2 Å². The Labute approximate surface area is 167 Å². The lowest BCUT2D eigenvalue weighted by Gasteiger charge is -2.34. The van der Waals surface area contributed by atoms with Gasteiger partial charge in [0, 0.05) is 36.6 Å². The van der Waals surface area contributed by atoms with Crippen LogP contribution in [0.3, 0.4) is 0 Å². The van der Waals surface area contributed by atoms with E-state index in [1.807, 2.05) is 19.2 Å². The minimum absolute atomic E-state index is 0.0835. The Morgan fingerprint density at radius 3 is 2.46 bits per heavy atom. The van der Waals surface area contributed by atoms with Gasteiger partial charge < -0.3 is 25.0 Å². The topological polar surface area (TPSA) is 71.0 Å². The van der Waals surface area contributed by atoms with Gasteiger partial charge in [-0.15, -0.1) is 0 Å². The van der Waals surface area contributed by atoms with Crippen molar-refractivity contribution >= 4 is 5.69 Å². The standard InChI is InChI=1S/C23H31NO4/c1-23(2,16-6-8-17(24-3)9-7-16)20-11-15(5-10-21(20)27-4)22-13-18(26)12-19(14-25)28-22/h5-11,18-19,22,24-26H,12-14H2,1-4H3. The maximum atomic E-state index is 10.2. The van der Waals surface area contributed by atoms with E-state index in [2.05, 4.69) is 49.5 Å². The molecule has 0 radical (unpaired) electrons. The molecule has 0 aromatic heterocycles. The fourth-order valence-electron chi connectivity index (χ4n) is 3.95. The van der Waals surface area contributed by atoms with Crippen LogP contribution in [-0.2, 0) is 10.2 Å². The van der Waals surface area contributed by atoms with Gasteiger partial charge in [-0.25, -0.2) is 0 Å². The van der Waals surface area contributed by atoms with Gasteiger partial charge in [0.25, 0.3) is 0 Å². The summed E-state index contributed by atoms with van der Waals surface area (Å²) in [5.74, 6) is 0.821. The molecule has 5 nitrogen and oxygen atoms in total. The van der Waals surface area contributed by atoms with E-state index in [1.54, 1.807) is 7.11 Å². The van der Waals surface area contributed by atoms with Crippen LogP contribution in [0.1, 0.15) is 49.5 Å². The SMILES string of the molecule is CNc1ccc(C(C)(C)c2cc(C3CC(O)CC(CO)O3)ccc2OC)cc1. The van der Waals surface area contributed by atoms with Crippen LogP contribution >= 0.6 is 0 Å². The number of nitrogens with one attached hydrogen (secondary N) is 1. The normalized spacial score (nSPS) is 22.7. The average molecular weight is 386 g/mol. The lowest BCUT2D eigenvalue weighted by Crippen LogP contribution is -2.33. The number of benzene rings is 2. The van der Waals surface area contributed by atoms with Gasteiger partial charge in [-0.3, -0.25) is 0 Å². The summed E-state index contributed by atoms with van der Waals surface area (Å²) in [6.07, 6.45) is -0.0447. The van der Waals surface area contributed by atoms with Gasteiger partial charge >= 0.3 is 0 Å². The Morgan fingerprint density at radius 1 is 1.14 bits per heavy atom. The van der Waals surface area contributed by atoms with Crippen molar-refractivity contribution in [2.45, 2.75) is 50.4 Å². The molecule has 0 spiro atoms. The smallest absolute Gasteiger partial charge is 0.122 e. The summed E-state index contributed by atoms with van der Waals surface area (Å²) in [6, 6.07) is 14.5. The van der Waals surface area contributed by atoms with Crippen LogP contribution in [0.15, 0.2) is 42.5 Å². The molecule has 2 aromatic rings. The third-order valence-corrected chi connectivity index (χ3v) is 5.75. The van der Waals surface area contributed by atoms with Gasteiger partial charge in [-0.05, 0) is 35.4 Å². The molecular weight excluding hydrogens is 354 g/mol. The number of hydrogen-bond acceptors (Lipinski definition) is 5. The van der Waals surface area contributed by atoms with Gasteiger partial charge in [0.05, 0.1) is 32.0 Å². The van der Waals surface area contributed by atoms with Crippen LogP contribution in [0.5, 0.6) is 5.75 Å². The van der Waals surface area contributed by atoms with E-state index < -0.39 is 6.10 Å². The molecule has 1 saturated heterocycles. The van der Waals surface area contributed by atoms with Crippen LogP contribution in [0.4, 0.5) is 5.69 Å². The Balaban J connectivity index is 1.98. The number of ether oxygens (including phenoxy) is 2. The number of rotatable bonds is 6. The maximum absolute atomic E-state index is 10.2. The molecule has 3 atom stereocenters. The van der Waals surface area contributed by atoms with Crippen LogP contribution in [0.2, 0.25) is 0 Å². The molecule has 3 rings (SSSR count). The van der Waals surface area contributed by atoms with Gasteiger partial charge in [-0.1, -0.05) is 32.0 Å². The van der Waals surface area contributed by atoms with Crippen LogP contribution in [0.25, 0.3) is 0 Å². The van der Waals surface area contributed by atoms with Crippen molar-refractivity contribution < 1.29 is 19.7 Å². The maximum Gasteiger partial charge on any atom is 0.122 e. The number of hydrogen-bond donors (Lipinski definition) is 3. The zero-order valence-electron chi connectivity index (χ0n) is 17.1. The summed E-state index contributed by atoms with van der Waals surface area (Å²) in [7, 11) is 3.59. The Bertz CT molecular complexity index is 788. The van der Waals surface area contributed by atoms with Crippen molar-refractivity contribution in [2.75, 3.05) is 26.1 Å². The van der Waals surface area contributed by atoms with Gasteiger partial charge in [0.2, 0.25) is 0 Å². The third-order valence-electron chi connectivity index (χ3n) is 5.75. The minimum atomic E-state index is -0.469. The summed E-state index contributed by atoms with van der Waals surface area (Å²) in [6.45, 7) is 4.27. The van der Waals surface area contributed by atoms with E-state index in [1.165, 1.54) is 5.56 Å². The second-order valence-corrected chi connectivity index (χ2v) is 7.97. The predicted molar refractivity (Wildman–Crippen MR) is 111 cm³/mol. The van der Waals surface area contributed by atoms with Gasteiger partial charge in [-0.2, -0.15) is 0 Å². The van der Waals surface area contributed by atoms with Crippen molar-refractivity contribution in [3.05, 3.63) is 59.2 Å². The van der Waals surface area contributed by atoms with Crippen molar-refractivity contribution in [3.63, 3.8) is 0 Å². The second-order valence-electron chi connectivity index (χ2n) is 7.97. The number of aliphatic hydroxyl groups is 2. The van der Waals surface area contributed by atoms with Crippen molar-refractivity contribution in [2.24, 2.45) is 0 Å². The lowest BCUT2D eigenvalue weighted by molar-refractivity contribution is -0.113. The van der Waals surface area contributed by atoms with E-state index in [-0.39, 0.29) is 24.2 Å². The largest absolute Gasteiger partial charge is 0.496 e. The molecular formula is C23H31NO4. The highest BCUT2D eigenvalue weighted by Crippen LogP contribution is 2.41. The minimum Gasteiger partial charge on any atom is -0.496 e. The molecule has 0 amide bonds. The molecule has 3 N–H and O–H groups in total. The number of aliphatic hydroxyl groups excluding tert-OH is 2. The summed E-state index contributed by atoms with van der Waals surface area (Å²) < 4.78 is 11.7. The monoisotopic (exact) mass is 385 g/mol. The molecule has 0 saturated carbocycles. The van der Waals surface area contributed by atoms with E-state index in [0.29, 0.717) is 12.8 Å². The Morgan fingerprint density at radius 2 is 1.86 bits per heavy atom. The number of anilines is 1. The number of methoxy groups -OCH3 is 1. The molecule has 1 heterocycles.